The van der Waals surface area contributed by atoms with Gasteiger partial charge in [0.2, 0.25) is 0 Å². The molecule has 2 aromatic rings. The van der Waals surface area contributed by atoms with E-state index in [0.717, 1.165) is 38.1 Å². The van der Waals surface area contributed by atoms with E-state index in [9.17, 15) is 4.79 Å². The molecule has 0 amide bonds. The summed E-state index contributed by atoms with van der Waals surface area (Å²) in [5, 5.41) is 0. The SMILES string of the molecule is C=CC(=O)Oc1ccccc1.CC.CC.CCC1(COc2ccccc2)COC1. The van der Waals surface area contributed by atoms with Crippen molar-refractivity contribution in [2.75, 3.05) is 19.8 Å². The van der Waals surface area contributed by atoms with Crippen molar-refractivity contribution in [1.82, 2.24) is 0 Å². The Hall–Kier alpha value is -2.59. The molecule has 1 saturated heterocycles. The minimum Gasteiger partial charge on any atom is -0.493 e. The monoisotopic (exact) mass is 400 g/mol. The van der Waals surface area contributed by atoms with Gasteiger partial charge >= 0.3 is 5.97 Å². The van der Waals surface area contributed by atoms with Crippen LogP contribution in [-0.2, 0) is 9.53 Å². The van der Waals surface area contributed by atoms with E-state index in [2.05, 4.69) is 13.5 Å². The van der Waals surface area contributed by atoms with E-state index in [1.807, 2.05) is 64.1 Å². The summed E-state index contributed by atoms with van der Waals surface area (Å²) in [6.45, 7) is 15.9. The van der Waals surface area contributed by atoms with Crippen LogP contribution in [0.2, 0.25) is 0 Å². The lowest BCUT2D eigenvalue weighted by Gasteiger charge is -2.40. The van der Waals surface area contributed by atoms with Crippen LogP contribution in [0.4, 0.5) is 0 Å². The molecular weight excluding hydrogens is 364 g/mol. The maximum atomic E-state index is 10.6. The van der Waals surface area contributed by atoms with Crippen LogP contribution in [0.1, 0.15) is 41.0 Å². The largest absolute Gasteiger partial charge is 0.493 e. The zero-order chi connectivity index (χ0) is 22.0. The zero-order valence-corrected chi connectivity index (χ0v) is 18.5. The average Bonchev–Trinajstić information content (AvgIpc) is 2.78. The third kappa shape index (κ3) is 10.5. The summed E-state index contributed by atoms with van der Waals surface area (Å²) < 4.78 is 15.8. The van der Waals surface area contributed by atoms with Gasteiger partial charge in [-0.3, -0.25) is 0 Å². The van der Waals surface area contributed by atoms with E-state index in [1.165, 1.54) is 0 Å². The van der Waals surface area contributed by atoms with Crippen molar-refractivity contribution in [2.45, 2.75) is 41.0 Å². The lowest BCUT2D eigenvalue weighted by atomic mass is 9.84. The van der Waals surface area contributed by atoms with Gasteiger partial charge in [0.15, 0.2) is 0 Å². The standard InChI is InChI=1S/C12H16O2.C9H8O2.2C2H6/c1-2-12(8-13-9-12)10-14-11-6-4-3-5-7-11;1-2-9(10)11-8-6-4-3-5-7-8;2*1-2/h3-7H,2,8-10H2,1H3;2-7H,1H2;2*1-2H3. The van der Waals surface area contributed by atoms with Gasteiger partial charge < -0.3 is 14.2 Å². The molecule has 1 aliphatic heterocycles. The van der Waals surface area contributed by atoms with Crippen molar-refractivity contribution < 1.29 is 19.0 Å². The molecule has 1 aliphatic rings. The molecule has 0 unspecified atom stereocenters. The number of hydrogen-bond acceptors (Lipinski definition) is 4. The maximum Gasteiger partial charge on any atom is 0.335 e. The van der Waals surface area contributed by atoms with Crippen LogP contribution in [-0.4, -0.2) is 25.8 Å². The van der Waals surface area contributed by atoms with Crippen LogP contribution in [0, 0.1) is 5.41 Å². The van der Waals surface area contributed by atoms with E-state index < -0.39 is 5.97 Å². The van der Waals surface area contributed by atoms with Crippen LogP contribution in [0.3, 0.4) is 0 Å². The number of rotatable bonds is 6. The summed E-state index contributed by atoms with van der Waals surface area (Å²) in [6.07, 6.45) is 2.26. The zero-order valence-electron chi connectivity index (χ0n) is 18.5. The molecule has 1 heterocycles. The highest BCUT2D eigenvalue weighted by Gasteiger charge is 2.37. The van der Waals surface area contributed by atoms with Crippen LogP contribution in [0.15, 0.2) is 73.3 Å². The second kappa shape index (κ2) is 16.4. The van der Waals surface area contributed by atoms with Crippen molar-refractivity contribution >= 4 is 5.97 Å². The third-order valence-electron chi connectivity index (χ3n) is 3.98. The molecule has 0 atom stereocenters. The molecule has 0 spiro atoms. The molecule has 2 aromatic carbocycles. The van der Waals surface area contributed by atoms with Gasteiger partial charge in [-0.1, -0.05) is 77.6 Å². The Kier molecular flexibility index (Phi) is 14.9. The number of esters is 1. The van der Waals surface area contributed by atoms with Gasteiger partial charge in [-0.05, 0) is 30.7 Å². The first-order valence-electron chi connectivity index (χ1n) is 10.3. The van der Waals surface area contributed by atoms with Crippen molar-refractivity contribution in [1.29, 1.82) is 0 Å². The Morgan fingerprint density at radius 2 is 1.45 bits per heavy atom. The molecule has 0 saturated carbocycles. The highest BCUT2D eigenvalue weighted by atomic mass is 16.5. The van der Waals surface area contributed by atoms with Gasteiger partial charge in [-0.15, -0.1) is 0 Å². The molecule has 4 nitrogen and oxygen atoms in total. The Labute approximate surface area is 176 Å². The summed E-state index contributed by atoms with van der Waals surface area (Å²) in [7, 11) is 0. The predicted octanol–water partition coefficient (Wildman–Crippen LogP) is 6.32. The van der Waals surface area contributed by atoms with Gasteiger partial charge in [-0.2, -0.15) is 0 Å². The molecule has 0 radical (unpaired) electrons. The molecule has 160 valence electrons. The number of carbonyl (C=O) groups is 1. The van der Waals surface area contributed by atoms with Crippen molar-refractivity contribution in [3.05, 3.63) is 73.3 Å². The van der Waals surface area contributed by atoms with Crippen LogP contribution >= 0.6 is 0 Å². The molecule has 1 fully saturated rings. The molecule has 29 heavy (non-hydrogen) atoms. The van der Waals surface area contributed by atoms with E-state index in [1.54, 1.807) is 24.3 Å². The minimum atomic E-state index is -0.434. The summed E-state index contributed by atoms with van der Waals surface area (Å²) >= 11 is 0. The Morgan fingerprint density at radius 3 is 1.83 bits per heavy atom. The molecule has 0 aromatic heterocycles. The van der Waals surface area contributed by atoms with Gasteiger partial charge in [0, 0.05) is 6.08 Å². The van der Waals surface area contributed by atoms with E-state index in [0.29, 0.717) is 5.75 Å². The normalized spacial score (nSPS) is 12.7. The highest BCUT2D eigenvalue weighted by molar-refractivity contribution is 5.83. The number of para-hydroxylation sites is 2. The van der Waals surface area contributed by atoms with Crippen molar-refractivity contribution in [3.8, 4) is 11.5 Å². The molecule has 0 N–H and O–H groups in total. The second-order valence-electron chi connectivity index (χ2n) is 5.89. The maximum absolute atomic E-state index is 10.6. The van der Waals surface area contributed by atoms with Gasteiger partial charge in [0.1, 0.15) is 11.5 Å². The summed E-state index contributed by atoms with van der Waals surface area (Å²) in [4.78, 5) is 10.6. The fourth-order valence-electron chi connectivity index (χ4n) is 2.18. The Morgan fingerprint density at radius 1 is 0.966 bits per heavy atom. The first-order chi connectivity index (χ1) is 14.2. The van der Waals surface area contributed by atoms with Crippen molar-refractivity contribution in [2.24, 2.45) is 5.41 Å². The minimum absolute atomic E-state index is 0.274. The number of carbonyl (C=O) groups excluding carboxylic acids is 1. The number of hydrogen-bond donors (Lipinski definition) is 0. The first-order valence-corrected chi connectivity index (χ1v) is 10.3. The fraction of sp³-hybridized carbons (Fsp3) is 0.400. The third-order valence-corrected chi connectivity index (χ3v) is 3.98. The number of benzene rings is 2. The fourth-order valence-corrected chi connectivity index (χ4v) is 2.18. The first kappa shape index (κ1) is 26.4. The molecule has 4 heteroatoms. The summed E-state index contributed by atoms with van der Waals surface area (Å²) in [6, 6.07) is 18.8. The smallest absolute Gasteiger partial charge is 0.335 e. The topological polar surface area (TPSA) is 44.8 Å². The second-order valence-corrected chi connectivity index (χ2v) is 5.89. The molecule has 3 rings (SSSR count). The Balaban J connectivity index is 0.000000472. The lowest BCUT2D eigenvalue weighted by molar-refractivity contribution is -0.133. The molecule has 0 bridgehead atoms. The summed E-state index contributed by atoms with van der Waals surface area (Å²) in [5.74, 6) is 1.06. The van der Waals surface area contributed by atoms with Crippen molar-refractivity contribution in [3.63, 3.8) is 0 Å². The highest BCUT2D eigenvalue weighted by Crippen LogP contribution is 2.31. The van der Waals surface area contributed by atoms with E-state index in [4.69, 9.17) is 14.2 Å². The molecule has 0 aliphatic carbocycles. The van der Waals surface area contributed by atoms with E-state index >= 15 is 0 Å². The van der Waals surface area contributed by atoms with Crippen LogP contribution < -0.4 is 9.47 Å². The van der Waals surface area contributed by atoms with E-state index in [-0.39, 0.29) is 5.41 Å². The van der Waals surface area contributed by atoms with Gasteiger partial charge in [-0.25, -0.2) is 4.79 Å². The molecular formula is C25H36O4. The average molecular weight is 401 g/mol. The van der Waals surface area contributed by atoms with Gasteiger partial charge in [0.05, 0.1) is 25.2 Å². The summed E-state index contributed by atoms with van der Waals surface area (Å²) in [5.41, 5.74) is 0.274. The quantitative estimate of drug-likeness (QED) is 0.323. The van der Waals surface area contributed by atoms with Crippen LogP contribution in [0.25, 0.3) is 0 Å². The number of ether oxygens (including phenoxy) is 3. The van der Waals surface area contributed by atoms with Crippen LogP contribution in [0.5, 0.6) is 11.5 Å². The van der Waals surface area contributed by atoms with Gasteiger partial charge in [0.25, 0.3) is 0 Å². The lowest BCUT2D eigenvalue weighted by Crippen LogP contribution is -2.46. The Bertz CT molecular complexity index is 644. The predicted molar refractivity (Wildman–Crippen MR) is 120 cm³/mol.